The highest BCUT2D eigenvalue weighted by atomic mass is 32.2. The van der Waals surface area contributed by atoms with Gasteiger partial charge in [-0.25, -0.2) is 27.5 Å². The van der Waals surface area contributed by atoms with Gasteiger partial charge in [0.05, 0.1) is 29.9 Å². The summed E-state index contributed by atoms with van der Waals surface area (Å²) < 4.78 is 40.3. The van der Waals surface area contributed by atoms with Gasteiger partial charge in [-0.3, -0.25) is 0 Å². The first-order valence-electron chi connectivity index (χ1n) is 7.26. The zero-order valence-electron chi connectivity index (χ0n) is 13.1. The molecule has 0 atom stereocenters. The largest absolute Gasteiger partial charge is 0.300 e. The Bertz CT molecular complexity index is 1070. The fraction of sp³-hybridized carbons (Fsp3) is 0.267. The molecule has 7 nitrogen and oxygen atoms in total. The lowest BCUT2D eigenvalue weighted by molar-refractivity contribution is 0.598. The molecule has 0 bridgehead atoms. The van der Waals surface area contributed by atoms with Crippen LogP contribution in [0.25, 0.3) is 17.1 Å². The highest BCUT2D eigenvalue weighted by Gasteiger charge is 2.25. The van der Waals surface area contributed by atoms with Gasteiger partial charge in [0, 0.05) is 11.8 Å². The van der Waals surface area contributed by atoms with Crippen molar-refractivity contribution in [2.75, 3.05) is 6.26 Å². The zero-order chi connectivity index (χ0) is 17.1. The van der Waals surface area contributed by atoms with E-state index in [1.54, 1.807) is 17.1 Å². The van der Waals surface area contributed by atoms with Crippen LogP contribution in [0.2, 0.25) is 0 Å². The Hall–Kier alpha value is -2.55. The number of imidazole rings is 1. The van der Waals surface area contributed by atoms with Crippen molar-refractivity contribution in [3.8, 4) is 17.1 Å². The summed E-state index contributed by atoms with van der Waals surface area (Å²) in [6.07, 6.45) is 2.82. The van der Waals surface area contributed by atoms with Crippen molar-refractivity contribution in [1.82, 2.24) is 24.3 Å². The molecule has 0 spiro atoms. The smallest absolute Gasteiger partial charge is 0.166 e. The van der Waals surface area contributed by atoms with Crippen molar-refractivity contribution in [1.29, 1.82) is 0 Å². The fourth-order valence-corrected chi connectivity index (χ4v) is 3.49. The topological polar surface area (TPSA) is 82.7 Å². The first-order chi connectivity index (χ1) is 11.3. The van der Waals surface area contributed by atoms with Crippen molar-refractivity contribution in [3.05, 3.63) is 47.6 Å². The molecule has 4 rings (SSSR count). The van der Waals surface area contributed by atoms with Crippen LogP contribution in [0, 0.1) is 12.7 Å². The number of aromatic nitrogens is 5. The molecule has 24 heavy (non-hydrogen) atoms. The van der Waals surface area contributed by atoms with Crippen LogP contribution < -0.4 is 0 Å². The molecule has 0 unspecified atom stereocenters. The average molecular weight is 347 g/mol. The number of halogens is 1. The Morgan fingerprint density at radius 3 is 2.88 bits per heavy atom. The summed E-state index contributed by atoms with van der Waals surface area (Å²) in [4.78, 5) is 8.66. The Labute approximate surface area is 137 Å². The van der Waals surface area contributed by atoms with E-state index in [1.807, 2.05) is 11.5 Å². The molecule has 2 aromatic heterocycles. The number of fused-ring (bicyclic) bond motifs is 5. The van der Waals surface area contributed by atoms with E-state index in [2.05, 4.69) is 15.1 Å². The molecular formula is C15H14FN5O2S. The molecule has 1 aliphatic heterocycles. The quantitative estimate of drug-likeness (QED) is 0.549. The molecule has 9 heteroatoms. The normalized spacial score (nSPS) is 13.1. The van der Waals surface area contributed by atoms with Crippen LogP contribution >= 0.6 is 0 Å². The predicted molar refractivity (Wildman–Crippen MR) is 84.9 cm³/mol. The van der Waals surface area contributed by atoms with E-state index in [-0.39, 0.29) is 11.6 Å². The molecular weight excluding hydrogens is 333 g/mol. The van der Waals surface area contributed by atoms with E-state index in [0.717, 1.165) is 23.3 Å². The molecule has 3 heterocycles. The van der Waals surface area contributed by atoms with Gasteiger partial charge < -0.3 is 4.57 Å². The van der Waals surface area contributed by atoms with Crippen LogP contribution in [0.15, 0.2) is 24.5 Å². The van der Waals surface area contributed by atoms with Gasteiger partial charge in [-0.2, -0.15) is 5.10 Å². The summed E-state index contributed by atoms with van der Waals surface area (Å²) in [5.41, 5.74) is 3.03. The molecule has 1 aliphatic rings. The van der Waals surface area contributed by atoms with Crippen molar-refractivity contribution in [2.24, 2.45) is 0 Å². The fourth-order valence-electron chi connectivity index (χ4n) is 2.89. The van der Waals surface area contributed by atoms with Crippen LogP contribution in [-0.4, -0.2) is 39.0 Å². The molecule has 0 saturated heterocycles. The molecule has 3 aromatic rings. The van der Waals surface area contributed by atoms with Gasteiger partial charge in [0.15, 0.2) is 21.5 Å². The number of benzene rings is 1. The number of hydrogen-bond acceptors (Lipinski definition) is 5. The van der Waals surface area contributed by atoms with Crippen LogP contribution in [0.4, 0.5) is 4.39 Å². The summed E-state index contributed by atoms with van der Waals surface area (Å²) in [6.45, 7) is 2.27. The van der Waals surface area contributed by atoms with Gasteiger partial charge in [-0.05, 0) is 25.1 Å². The Morgan fingerprint density at radius 1 is 1.33 bits per heavy atom. The van der Waals surface area contributed by atoms with E-state index < -0.39 is 15.7 Å². The molecule has 0 aliphatic carbocycles. The first-order valence-corrected chi connectivity index (χ1v) is 9.32. The van der Waals surface area contributed by atoms with Crippen molar-refractivity contribution in [2.45, 2.75) is 19.2 Å². The van der Waals surface area contributed by atoms with E-state index >= 15 is 0 Å². The minimum Gasteiger partial charge on any atom is -0.300 e. The molecule has 1 aromatic carbocycles. The van der Waals surface area contributed by atoms with Crippen molar-refractivity contribution >= 4 is 9.84 Å². The third-order valence-corrected chi connectivity index (χ3v) is 4.72. The van der Waals surface area contributed by atoms with Gasteiger partial charge in [0.1, 0.15) is 11.6 Å². The van der Waals surface area contributed by atoms with Crippen LogP contribution in [0.1, 0.15) is 17.2 Å². The summed E-state index contributed by atoms with van der Waals surface area (Å²) >= 11 is 0. The third-order valence-electron chi connectivity index (χ3n) is 3.94. The summed E-state index contributed by atoms with van der Waals surface area (Å²) in [5.74, 6) is 0.00318. The van der Waals surface area contributed by atoms with Gasteiger partial charge in [0.25, 0.3) is 0 Å². The van der Waals surface area contributed by atoms with Crippen molar-refractivity contribution in [3.63, 3.8) is 0 Å². The number of rotatable bonds is 2. The van der Waals surface area contributed by atoms with Crippen LogP contribution in [0.5, 0.6) is 0 Å². The second-order valence-electron chi connectivity index (χ2n) is 5.89. The maximum Gasteiger partial charge on any atom is 0.166 e. The monoisotopic (exact) mass is 347 g/mol. The van der Waals surface area contributed by atoms with Crippen LogP contribution in [0.3, 0.4) is 0 Å². The molecule has 0 fully saturated rings. The van der Waals surface area contributed by atoms with E-state index in [0.29, 0.717) is 17.9 Å². The minimum absolute atomic E-state index is 0.202. The van der Waals surface area contributed by atoms with E-state index in [9.17, 15) is 12.8 Å². The SMILES string of the molecule is Cc1ncn2c1Cn1nc(CS(C)(=O)=O)nc1-c1cc(F)ccc1-2. The lowest BCUT2D eigenvalue weighted by Crippen LogP contribution is -2.07. The lowest BCUT2D eigenvalue weighted by Gasteiger charge is -2.08. The lowest BCUT2D eigenvalue weighted by atomic mass is 10.1. The highest BCUT2D eigenvalue weighted by Crippen LogP contribution is 2.32. The maximum absolute atomic E-state index is 13.8. The molecule has 0 amide bonds. The first kappa shape index (κ1) is 15.0. The van der Waals surface area contributed by atoms with E-state index in [1.165, 1.54) is 12.1 Å². The van der Waals surface area contributed by atoms with Gasteiger partial charge >= 0.3 is 0 Å². The second kappa shape index (κ2) is 4.97. The minimum atomic E-state index is -3.26. The molecule has 0 radical (unpaired) electrons. The van der Waals surface area contributed by atoms with Gasteiger partial charge in [-0.15, -0.1) is 0 Å². The standard InChI is InChI=1S/C15H14FN5O2S/c1-9-13-6-21-15(18-14(19-21)7-24(2,22)23)11-5-10(16)3-4-12(11)20(13)8-17-9/h3-5,8H,6-7H2,1-2H3. The third kappa shape index (κ3) is 2.41. The second-order valence-corrected chi connectivity index (χ2v) is 8.03. The number of nitrogens with zero attached hydrogens (tertiary/aromatic N) is 5. The average Bonchev–Trinajstić information content (AvgIpc) is 2.99. The van der Waals surface area contributed by atoms with Crippen molar-refractivity contribution < 1.29 is 12.8 Å². The Balaban J connectivity index is 1.98. The Kier molecular flexibility index (Phi) is 3.11. The number of aryl methyl sites for hydroxylation is 1. The zero-order valence-corrected chi connectivity index (χ0v) is 13.9. The molecule has 0 saturated carbocycles. The maximum atomic E-state index is 13.8. The molecule has 124 valence electrons. The Morgan fingerprint density at radius 2 is 2.12 bits per heavy atom. The highest BCUT2D eigenvalue weighted by molar-refractivity contribution is 7.89. The summed E-state index contributed by atoms with van der Waals surface area (Å²) in [6, 6.07) is 4.42. The number of sulfone groups is 1. The number of hydrogen-bond donors (Lipinski definition) is 0. The molecule has 0 N–H and O–H groups in total. The summed E-state index contributed by atoms with van der Waals surface area (Å²) in [5, 5.41) is 4.31. The summed E-state index contributed by atoms with van der Waals surface area (Å²) in [7, 11) is -3.26. The van der Waals surface area contributed by atoms with Gasteiger partial charge in [0.2, 0.25) is 0 Å². The van der Waals surface area contributed by atoms with Gasteiger partial charge in [-0.1, -0.05) is 0 Å². The van der Waals surface area contributed by atoms with Crippen LogP contribution in [-0.2, 0) is 22.1 Å². The predicted octanol–water partition coefficient (Wildman–Crippen LogP) is 1.48. The van der Waals surface area contributed by atoms with E-state index in [4.69, 9.17) is 0 Å².